The Morgan fingerprint density at radius 1 is 1.39 bits per heavy atom. The van der Waals surface area contributed by atoms with Crippen molar-refractivity contribution < 1.29 is 13.9 Å². The highest BCUT2D eigenvalue weighted by Crippen LogP contribution is 2.44. The van der Waals surface area contributed by atoms with Crippen LogP contribution in [-0.2, 0) is 4.74 Å². The maximum absolute atomic E-state index is 13.3. The smallest absolute Gasteiger partial charge is 0.127 e. The van der Waals surface area contributed by atoms with E-state index in [0.717, 1.165) is 24.8 Å². The number of hydrogen-bond acceptors (Lipinski definition) is 3. The Morgan fingerprint density at radius 2 is 2.22 bits per heavy atom. The third-order valence-electron chi connectivity index (χ3n) is 3.91. The average Bonchev–Trinajstić information content (AvgIpc) is 2.27. The Bertz CT molecular complexity index is 465. The molecule has 2 aliphatic rings. The number of nitrogens with two attached hydrogens (primary N) is 1. The Morgan fingerprint density at radius 3 is 3.00 bits per heavy atom. The van der Waals surface area contributed by atoms with Gasteiger partial charge in [0.15, 0.2) is 0 Å². The molecule has 0 aliphatic carbocycles. The molecule has 0 amide bonds. The van der Waals surface area contributed by atoms with Crippen molar-refractivity contribution in [2.75, 3.05) is 6.61 Å². The predicted molar refractivity (Wildman–Crippen MR) is 66.0 cm³/mol. The van der Waals surface area contributed by atoms with Crippen LogP contribution in [0.25, 0.3) is 0 Å². The van der Waals surface area contributed by atoms with E-state index < -0.39 is 0 Å². The summed E-state index contributed by atoms with van der Waals surface area (Å²) in [7, 11) is 0. The van der Waals surface area contributed by atoms with Crippen molar-refractivity contribution in [1.29, 1.82) is 0 Å². The lowest BCUT2D eigenvalue weighted by molar-refractivity contribution is -0.0950. The molecule has 2 heterocycles. The molecule has 1 saturated heterocycles. The molecule has 0 aromatic heterocycles. The standard InChI is InChI=1S/C14H18FNO2/c1-9-7-14(4-5-17-9)8-12(16)11-3-2-10(15)6-13(11)18-14/h2-3,6,9,12H,4-5,7-8,16H2,1H3. The minimum atomic E-state index is -0.280. The molecule has 3 atom stereocenters. The fraction of sp³-hybridized carbons (Fsp3) is 0.571. The summed E-state index contributed by atoms with van der Waals surface area (Å²) < 4.78 is 24.9. The maximum Gasteiger partial charge on any atom is 0.127 e. The van der Waals surface area contributed by atoms with Gasteiger partial charge in [-0.3, -0.25) is 0 Å². The third-order valence-corrected chi connectivity index (χ3v) is 3.91. The van der Waals surface area contributed by atoms with Gasteiger partial charge in [0.2, 0.25) is 0 Å². The molecule has 1 aromatic carbocycles. The summed E-state index contributed by atoms with van der Waals surface area (Å²) in [6.45, 7) is 2.72. The van der Waals surface area contributed by atoms with Crippen molar-refractivity contribution in [3.63, 3.8) is 0 Å². The van der Waals surface area contributed by atoms with E-state index in [4.69, 9.17) is 15.2 Å². The molecule has 0 saturated carbocycles. The SMILES string of the molecule is CC1CC2(CCO1)CC(N)c1ccc(F)cc1O2. The average molecular weight is 251 g/mol. The van der Waals surface area contributed by atoms with Crippen LogP contribution in [0.4, 0.5) is 4.39 Å². The molecule has 1 fully saturated rings. The van der Waals surface area contributed by atoms with Gasteiger partial charge in [0, 0.05) is 36.9 Å². The van der Waals surface area contributed by atoms with E-state index in [1.54, 1.807) is 6.07 Å². The van der Waals surface area contributed by atoms with Crippen LogP contribution in [0.1, 0.15) is 37.8 Å². The van der Waals surface area contributed by atoms with Gasteiger partial charge in [-0.2, -0.15) is 0 Å². The summed E-state index contributed by atoms with van der Waals surface area (Å²) in [5.41, 5.74) is 6.83. The van der Waals surface area contributed by atoms with Gasteiger partial charge >= 0.3 is 0 Å². The number of ether oxygens (including phenoxy) is 2. The van der Waals surface area contributed by atoms with E-state index in [-0.39, 0.29) is 23.6 Å². The maximum atomic E-state index is 13.3. The van der Waals surface area contributed by atoms with Crippen molar-refractivity contribution in [1.82, 2.24) is 0 Å². The number of hydrogen-bond donors (Lipinski definition) is 1. The van der Waals surface area contributed by atoms with Crippen LogP contribution >= 0.6 is 0 Å². The molecule has 3 unspecified atom stereocenters. The first-order valence-corrected chi connectivity index (χ1v) is 6.44. The van der Waals surface area contributed by atoms with E-state index in [0.29, 0.717) is 12.4 Å². The molecule has 98 valence electrons. The van der Waals surface area contributed by atoms with Crippen molar-refractivity contribution in [3.05, 3.63) is 29.6 Å². The number of halogens is 1. The van der Waals surface area contributed by atoms with Crippen molar-refractivity contribution in [2.45, 2.75) is 43.9 Å². The van der Waals surface area contributed by atoms with Crippen LogP contribution in [0.2, 0.25) is 0 Å². The number of benzene rings is 1. The molecule has 1 aromatic rings. The van der Waals surface area contributed by atoms with E-state index in [1.165, 1.54) is 12.1 Å². The fourth-order valence-corrected chi connectivity index (χ4v) is 3.10. The minimum Gasteiger partial charge on any atom is -0.487 e. The molecule has 0 bridgehead atoms. The van der Waals surface area contributed by atoms with Crippen LogP contribution in [0.3, 0.4) is 0 Å². The molecule has 2 N–H and O–H groups in total. The van der Waals surface area contributed by atoms with Crippen molar-refractivity contribution >= 4 is 0 Å². The number of rotatable bonds is 0. The number of fused-ring (bicyclic) bond motifs is 1. The Labute approximate surface area is 106 Å². The Balaban J connectivity index is 1.94. The predicted octanol–water partition coefficient (Wildman–Crippen LogP) is 2.55. The van der Waals surface area contributed by atoms with Crippen molar-refractivity contribution in [2.24, 2.45) is 5.73 Å². The Hall–Kier alpha value is -1.13. The summed E-state index contributed by atoms with van der Waals surface area (Å²) in [5, 5.41) is 0. The lowest BCUT2D eigenvalue weighted by Gasteiger charge is -2.45. The van der Waals surface area contributed by atoms with Crippen LogP contribution in [0.15, 0.2) is 18.2 Å². The van der Waals surface area contributed by atoms with E-state index >= 15 is 0 Å². The highest BCUT2D eigenvalue weighted by atomic mass is 19.1. The zero-order chi connectivity index (χ0) is 12.8. The summed E-state index contributed by atoms with van der Waals surface area (Å²) in [4.78, 5) is 0. The minimum absolute atomic E-state index is 0.0837. The van der Waals surface area contributed by atoms with E-state index in [9.17, 15) is 4.39 Å². The van der Waals surface area contributed by atoms with Crippen LogP contribution in [0.5, 0.6) is 5.75 Å². The van der Waals surface area contributed by atoms with Crippen LogP contribution in [-0.4, -0.2) is 18.3 Å². The first kappa shape index (κ1) is 11.9. The quantitative estimate of drug-likeness (QED) is 0.770. The molecule has 1 spiro atoms. The monoisotopic (exact) mass is 251 g/mol. The van der Waals surface area contributed by atoms with Crippen molar-refractivity contribution in [3.8, 4) is 5.75 Å². The molecule has 18 heavy (non-hydrogen) atoms. The summed E-state index contributed by atoms with van der Waals surface area (Å²) in [6.07, 6.45) is 2.58. The molecule has 3 rings (SSSR count). The summed E-state index contributed by atoms with van der Waals surface area (Å²) in [5.74, 6) is 0.320. The van der Waals surface area contributed by atoms with Crippen LogP contribution < -0.4 is 10.5 Å². The molecule has 2 aliphatic heterocycles. The van der Waals surface area contributed by atoms with Crippen LogP contribution in [0, 0.1) is 5.82 Å². The van der Waals surface area contributed by atoms with Gasteiger partial charge < -0.3 is 15.2 Å². The lowest BCUT2D eigenvalue weighted by Crippen LogP contribution is -2.49. The molecule has 0 radical (unpaired) electrons. The largest absolute Gasteiger partial charge is 0.487 e. The molecule has 3 nitrogen and oxygen atoms in total. The van der Waals surface area contributed by atoms with Gasteiger partial charge in [0.1, 0.15) is 17.2 Å². The highest BCUT2D eigenvalue weighted by molar-refractivity contribution is 5.39. The van der Waals surface area contributed by atoms with E-state index in [1.807, 2.05) is 6.92 Å². The van der Waals surface area contributed by atoms with Gasteiger partial charge in [0.05, 0.1) is 12.7 Å². The summed E-state index contributed by atoms with van der Waals surface area (Å²) >= 11 is 0. The van der Waals surface area contributed by atoms with Gasteiger partial charge in [-0.1, -0.05) is 6.07 Å². The lowest BCUT2D eigenvalue weighted by atomic mass is 9.80. The van der Waals surface area contributed by atoms with Gasteiger partial charge in [-0.15, -0.1) is 0 Å². The van der Waals surface area contributed by atoms with E-state index in [2.05, 4.69) is 0 Å². The summed E-state index contributed by atoms with van der Waals surface area (Å²) in [6, 6.07) is 4.52. The Kier molecular flexibility index (Phi) is 2.79. The zero-order valence-electron chi connectivity index (χ0n) is 10.5. The fourth-order valence-electron chi connectivity index (χ4n) is 3.10. The topological polar surface area (TPSA) is 44.5 Å². The van der Waals surface area contributed by atoms with Gasteiger partial charge in [-0.05, 0) is 13.0 Å². The second kappa shape index (κ2) is 4.21. The first-order chi connectivity index (χ1) is 8.58. The third kappa shape index (κ3) is 1.99. The normalized spacial score (nSPS) is 35.1. The van der Waals surface area contributed by atoms with Gasteiger partial charge in [-0.25, -0.2) is 4.39 Å². The molecular formula is C14H18FNO2. The zero-order valence-corrected chi connectivity index (χ0v) is 10.5. The van der Waals surface area contributed by atoms with Gasteiger partial charge in [0.25, 0.3) is 0 Å². The molecular weight excluding hydrogens is 233 g/mol. The molecule has 4 heteroatoms. The second-order valence-corrected chi connectivity index (χ2v) is 5.41. The second-order valence-electron chi connectivity index (χ2n) is 5.41. The highest BCUT2D eigenvalue weighted by Gasteiger charge is 2.43. The first-order valence-electron chi connectivity index (χ1n) is 6.44.